The SMILES string of the molecule is CC(C)(C(=O)O)C(C)(C)c1cccs1. The maximum atomic E-state index is 11.2. The lowest BCUT2D eigenvalue weighted by atomic mass is 9.67. The molecular formula is C11H16O2S. The lowest BCUT2D eigenvalue weighted by Gasteiger charge is -2.37. The number of carbonyl (C=O) groups is 1. The van der Waals surface area contributed by atoms with E-state index >= 15 is 0 Å². The summed E-state index contributed by atoms with van der Waals surface area (Å²) in [5.41, 5.74) is -1.09. The summed E-state index contributed by atoms with van der Waals surface area (Å²) in [6.45, 7) is 7.50. The fourth-order valence-electron chi connectivity index (χ4n) is 1.21. The first-order chi connectivity index (χ1) is 6.30. The fourth-order valence-corrected chi connectivity index (χ4v) is 2.22. The Kier molecular flexibility index (Phi) is 2.72. The Hall–Kier alpha value is -0.830. The summed E-state index contributed by atoms with van der Waals surface area (Å²) in [6.07, 6.45) is 0. The molecule has 78 valence electrons. The standard InChI is InChI=1S/C11H16O2S/c1-10(2,8-6-5-7-14-8)11(3,4)9(12)13/h5-7H,1-4H3,(H,12,13). The van der Waals surface area contributed by atoms with Crippen LogP contribution in [0.3, 0.4) is 0 Å². The molecule has 1 aromatic rings. The highest BCUT2D eigenvalue weighted by Crippen LogP contribution is 2.43. The van der Waals surface area contributed by atoms with E-state index in [1.807, 2.05) is 31.4 Å². The summed E-state index contributed by atoms with van der Waals surface area (Å²) in [5.74, 6) is -0.754. The van der Waals surface area contributed by atoms with Gasteiger partial charge in [-0.05, 0) is 25.3 Å². The van der Waals surface area contributed by atoms with Gasteiger partial charge in [0.15, 0.2) is 0 Å². The van der Waals surface area contributed by atoms with Gasteiger partial charge in [0, 0.05) is 10.3 Å². The van der Waals surface area contributed by atoms with Crippen LogP contribution in [-0.2, 0) is 10.2 Å². The summed E-state index contributed by atoms with van der Waals surface area (Å²) in [7, 11) is 0. The van der Waals surface area contributed by atoms with Crippen LogP contribution in [0.25, 0.3) is 0 Å². The molecule has 0 radical (unpaired) electrons. The minimum atomic E-state index is -0.754. The monoisotopic (exact) mass is 212 g/mol. The van der Waals surface area contributed by atoms with E-state index < -0.39 is 11.4 Å². The van der Waals surface area contributed by atoms with Crippen LogP contribution < -0.4 is 0 Å². The van der Waals surface area contributed by atoms with Crippen molar-refractivity contribution in [3.8, 4) is 0 Å². The topological polar surface area (TPSA) is 37.3 Å². The second kappa shape index (κ2) is 3.39. The zero-order valence-electron chi connectivity index (χ0n) is 9.00. The maximum Gasteiger partial charge on any atom is 0.309 e. The van der Waals surface area contributed by atoms with Crippen molar-refractivity contribution < 1.29 is 9.90 Å². The van der Waals surface area contributed by atoms with E-state index in [1.54, 1.807) is 25.2 Å². The van der Waals surface area contributed by atoms with Crippen LogP contribution in [0.4, 0.5) is 0 Å². The van der Waals surface area contributed by atoms with E-state index in [0.29, 0.717) is 0 Å². The maximum absolute atomic E-state index is 11.2. The van der Waals surface area contributed by atoms with Gasteiger partial charge in [-0.15, -0.1) is 11.3 Å². The number of aliphatic carboxylic acids is 1. The molecule has 0 saturated carbocycles. The first-order valence-electron chi connectivity index (χ1n) is 4.57. The quantitative estimate of drug-likeness (QED) is 0.835. The molecule has 0 unspecified atom stereocenters. The number of carboxylic acid groups (broad SMARTS) is 1. The predicted molar refractivity (Wildman–Crippen MR) is 58.8 cm³/mol. The highest BCUT2D eigenvalue weighted by atomic mass is 32.1. The average Bonchev–Trinajstić information content (AvgIpc) is 2.55. The normalized spacial score (nSPS) is 12.9. The van der Waals surface area contributed by atoms with Crippen molar-refractivity contribution in [3.05, 3.63) is 22.4 Å². The minimum absolute atomic E-state index is 0.340. The Bertz CT molecular complexity index is 323. The third kappa shape index (κ3) is 1.57. The van der Waals surface area contributed by atoms with Crippen LogP contribution in [0.15, 0.2) is 17.5 Å². The van der Waals surface area contributed by atoms with Crippen molar-refractivity contribution in [1.82, 2.24) is 0 Å². The average molecular weight is 212 g/mol. The van der Waals surface area contributed by atoms with Gasteiger partial charge in [0.25, 0.3) is 0 Å². The third-order valence-corrected chi connectivity index (χ3v) is 4.43. The van der Waals surface area contributed by atoms with Crippen LogP contribution in [0.5, 0.6) is 0 Å². The van der Waals surface area contributed by atoms with Crippen molar-refractivity contribution in [2.75, 3.05) is 0 Å². The van der Waals surface area contributed by atoms with Gasteiger partial charge in [0.05, 0.1) is 5.41 Å². The second-order valence-electron chi connectivity index (χ2n) is 4.53. The number of hydrogen-bond acceptors (Lipinski definition) is 2. The van der Waals surface area contributed by atoms with Gasteiger partial charge in [0.2, 0.25) is 0 Å². The molecule has 14 heavy (non-hydrogen) atoms. The Balaban J connectivity index is 3.13. The molecule has 0 aliphatic heterocycles. The molecule has 0 spiro atoms. The van der Waals surface area contributed by atoms with Crippen molar-refractivity contribution in [2.45, 2.75) is 33.1 Å². The van der Waals surface area contributed by atoms with Gasteiger partial charge in [-0.2, -0.15) is 0 Å². The largest absolute Gasteiger partial charge is 0.481 e. The molecule has 0 aliphatic carbocycles. The zero-order chi connectivity index (χ0) is 11.0. The van der Waals surface area contributed by atoms with Gasteiger partial charge in [-0.3, -0.25) is 4.79 Å². The van der Waals surface area contributed by atoms with Gasteiger partial charge >= 0.3 is 5.97 Å². The van der Waals surface area contributed by atoms with E-state index in [0.717, 1.165) is 4.88 Å². The highest BCUT2D eigenvalue weighted by molar-refractivity contribution is 7.10. The molecule has 0 amide bonds. The van der Waals surface area contributed by atoms with Crippen molar-refractivity contribution >= 4 is 17.3 Å². The molecule has 1 aromatic heterocycles. The minimum Gasteiger partial charge on any atom is -0.481 e. The number of thiophene rings is 1. The molecule has 3 heteroatoms. The van der Waals surface area contributed by atoms with Crippen LogP contribution >= 0.6 is 11.3 Å². The molecule has 0 atom stereocenters. The Morgan fingerprint density at radius 3 is 2.29 bits per heavy atom. The van der Waals surface area contributed by atoms with Crippen LogP contribution in [-0.4, -0.2) is 11.1 Å². The molecule has 0 bridgehead atoms. The van der Waals surface area contributed by atoms with Crippen LogP contribution in [0.1, 0.15) is 32.6 Å². The third-order valence-electron chi connectivity index (χ3n) is 3.23. The van der Waals surface area contributed by atoms with Gasteiger partial charge in [-0.25, -0.2) is 0 Å². The smallest absolute Gasteiger partial charge is 0.309 e. The van der Waals surface area contributed by atoms with E-state index in [9.17, 15) is 9.90 Å². The van der Waals surface area contributed by atoms with Gasteiger partial charge in [-0.1, -0.05) is 19.9 Å². The summed E-state index contributed by atoms with van der Waals surface area (Å²) in [6, 6.07) is 3.95. The summed E-state index contributed by atoms with van der Waals surface area (Å²) in [4.78, 5) is 12.3. The van der Waals surface area contributed by atoms with Gasteiger partial charge in [0.1, 0.15) is 0 Å². The molecule has 1 rings (SSSR count). The summed E-state index contributed by atoms with van der Waals surface area (Å²) >= 11 is 1.61. The van der Waals surface area contributed by atoms with E-state index in [4.69, 9.17) is 0 Å². The molecule has 0 aromatic carbocycles. The lowest BCUT2D eigenvalue weighted by Crippen LogP contribution is -2.42. The van der Waals surface area contributed by atoms with Gasteiger partial charge < -0.3 is 5.11 Å². The molecule has 0 aliphatic rings. The van der Waals surface area contributed by atoms with E-state index in [-0.39, 0.29) is 5.41 Å². The molecule has 1 heterocycles. The summed E-state index contributed by atoms with van der Waals surface area (Å²) in [5, 5.41) is 11.2. The zero-order valence-corrected chi connectivity index (χ0v) is 9.81. The summed E-state index contributed by atoms with van der Waals surface area (Å²) < 4.78 is 0. The molecule has 2 nitrogen and oxygen atoms in total. The van der Waals surface area contributed by atoms with E-state index in [2.05, 4.69) is 0 Å². The number of hydrogen-bond donors (Lipinski definition) is 1. The molecular weight excluding hydrogens is 196 g/mol. The fraction of sp³-hybridized carbons (Fsp3) is 0.545. The van der Waals surface area contributed by atoms with Crippen LogP contribution in [0, 0.1) is 5.41 Å². The molecule has 0 saturated heterocycles. The van der Waals surface area contributed by atoms with Crippen molar-refractivity contribution in [3.63, 3.8) is 0 Å². The van der Waals surface area contributed by atoms with Crippen molar-refractivity contribution in [1.29, 1.82) is 0 Å². The Morgan fingerprint density at radius 2 is 1.93 bits per heavy atom. The first-order valence-corrected chi connectivity index (χ1v) is 5.45. The predicted octanol–water partition coefficient (Wildman–Crippen LogP) is 3.14. The number of rotatable bonds is 3. The van der Waals surface area contributed by atoms with Crippen molar-refractivity contribution in [2.24, 2.45) is 5.41 Å². The number of carboxylic acids is 1. The molecule has 0 fully saturated rings. The molecule has 1 N–H and O–H groups in total. The Morgan fingerprint density at radius 1 is 1.36 bits per heavy atom. The Labute approximate surface area is 88.6 Å². The lowest BCUT2D eigenvalue weighted by molar-refractivity contribution is -0.150. The van der Waals surface area contributed by atoms with Crippen LogP contribution in [0.2, 0.25) is 0 Å². The first kappa shape index (κ1) is 11.2. The second-order valence-corrected chi connectivity index (χ2v) is 5.48. The highest BCUT2D eigenvalue weighted by Gasteiger charge is 2.44. The van der Waals surface area contributed by atoms with E-state index in [1.165, 1.54) is 0 Å².